The van der Waals surface area contributed by atoms with Crippen molar-refractivity contribution < 1.29 is 0 Å². The molecule has 0 aliphatic rings. The van der Waals surface area contributed by atoms with Crippen molar-refractivity contribution in [3.8, 4) is 0 Å². The molecule has 0 rings (SSSR count). The van der Waals surface area contributed by atoms with Crippen LogP contribution in [0.25, 0.3) is 0 Å². The topological polar surface area (TPSA) is 3.24 Å². The number of nitrogens with zero attached hydrogens (tertiary/aromatic N) is 1. The van der Waals surface area contributed by atoms with Crippen LogP contribution in [0.5, 0.6) is 0 Å². The number of hydrogen-bond acceptors (Lipinski definition) is 1. The lowest BCUT2D eigenvalue weighted by molar-refractivity contribution is 0.0416. The minimum atomic E-state index is 0.343. The van der Waals surface area contributed by atoms with Crippen LogP contribution in [-0.4, -0.2) is 24.0 Å². The van der Waals surface area contributed by atoms with Gasteiger partial charge in [-0.25, -0.2) is 0 Å². The van der Waals surface area contributed by atoms with E-state index in [-0.39, 0.29) is 0 Å². The van der Waals surface area contributed by atoms with E-state index < -0.39 is 0 Å². The molecule has 0 spiro atoms. The van der Waals surface area contributed by atoms with E-state index in [1.165, 1.54) is 13.0 Å². The highest BCUT2D eigenvalue weighted by atomic mass is 15.2. The van der Waals surface area contributed by atoms with Crippen LogP contribution < -0.4 is 0 Å². The zero-order chi connectivity index (χ0) is 10.6. The molecule has 0 aliphatic carbocycles. The Labute approximate surface area is 84.5 Å². The monoisotopic (exact) mass is 185 g/mol. The summed E-state index contributed by atoms with van der Waals surface area (Å²) in [6, 6.07) is 0. The van der Waals surface area contributed by atoms with Gasteiger partial charge in [0.25, 0.3) is 0 Å². The third kappa shape index (κ3) is 2.70. The lowest BCUT2D eigenvalue weighted by atomic mass is 9.77. The summed E-state index contributed by atoms with van der Waals surface area (Å²) in [6.07, 6.45) is 1.24. The van der Waals surface area contributed by atoms with E-state index in [0.717, 1.165) is 0 Å². The Morgan fingerprint density at radius 2 is 1.46 bits per heavy atom. The summed E-state index contributed by atoms with van der Waals surface area (Å²) in [5.74, 6) is 1.42. The van der Waals surface area contributed by atoms with Gasteiger partial charge in [-0.1, -0.05) is 34.6 Å². The molecule has 0 aromatic carbocycles. The van der Waals surface area contributed by atoms with Crippen LogP contribution in [0.15, 0.2) is 0 Å². The Hall–Kier alpha value is -0.0400. The van der Waals surface area contributed by atoms with E-state index in [0.29, 0.717) is 17.4 Å². The molecule has 0 heterocycles. The summed E-state index contributed by atoms with van der Waals surface area (Å²) in [6.45, 7) is 15.1. The maximum Gasteiger partial charge on any atom is 0.0224 e. The second kappa shape index (κ2) is 4.99. The van der Waals surface area contributed by atoms with Gasteiger partial charge in [0.05, 0.1) is 0 Å². The van der Waals surface area contributed by atoms with E-state index in [2.05, 4.69) is 53.5 Å². The molecule has 0 amide bonds. The molecule has 0 atom stereocenters. The van der Waals surface area contributed by atoms with Gasteiger partial charge in [0.1, 0.15) is 0 Å². The van der Waals surface area contributed by atoms with Gasteiger partial charge in [0.15, 0.2) is 0 Å². The van der Waals surface area contributed by atoms with Gasteiger partial charge in [-0.15, -0.1) is 0 Å². The van der Waals surface area contributed by atoms with Gasteiger partial charge in [0.2, 0.25) is 0 Å². The van der Waals surface area contributed by atoms with E-state index in [1.807, 2.05) is 0 Å². The molecule has 0 bridgehead atoms. The average molecular weight is 185 g/mol. The molecule has 0 unspecified atom stereocenters. The standard InChI is InChI=1S/C12H27N/c1-8-9-13(7)12(6,10(2)3)11(4)5/h10-11H,8-9H2,1-7H3. The zero-order valence-electron chi connectivity index (χ0n) is 10.5. The first kappa shape index (κ1) is 13.0. The largest absolute Gasteiger partial charge is 0.300 e. The Morgan fingerprint density at radius 3 is 1.69 bits per heavy atom. The normalized spacial score (nSPS) is 13.4. The maximum absolute atomic E-state index is 2.52. The van der Waals surface area contributed by atoms with Crippen LogP contribution in [0.1, 0.15) is 48.0 Å². The molecular weight excluding hydrogens is 158 g/mol. The molecule has 0 aliphatic heterocycles. The fourth-order valence-corrected chi connectivity index (χ4v) is 2.12. The van der Waals surface area contributed by atoms with Crippen LogP contribution >= 0.6 is 0 Å². The summed E-state index contributed by atoms with van der Waals surface area (Å²) >= 11 is 0. The van der Waals surface area contributed by atoms with Crippen LogP contribution in [0.4, 0.5) is 0 Å². The Bertz CT molecular complexity index is 130. The van der Waals surface area contributed by atoms with Gasteiger partial charge >= 0.3 is 0 Å². The van der Waals surface area contributed by atoms with Crippen molar-refractivity contribution in [1.29, 1.82) is 0 Å². The zero-order valence-corrected chi connectivity index (χ0v) is 10.5. The SMILES string of the molecule is CCCN(C)C(C)(C(C)C)C(C)C. The van der Waals surface area contributed by atoms with Gasteiger partial charge in [-0.3, -0.25) is 0 Å². The van der Waals surface area contributed by atoms with Crippen molar-refractivity contribution in [3.05, 3.63) is 0 Å². The van der Waals surface area contributed by atoms with Gasteiger partial charge in [0, 0.05) is 5.54 Å². The summed E-state index contributed by atoms with van der Waals surface area (Å²) in [5, 5.41) is 0. The van der Waals surface area contributed by atoms with E-state index in [9.17, 15) is 0 Å². The highest BCUT2D eigenvalue weighted by Gasteiger charge is 2.35. The second-order valence-electron chi connectivity index (χ2n) is 4.96. The van der Waals surface area contributed by atoms with Crippen molar-refractivity contribution in [2.45, 2.75) is 53.5 Å². The van der Waals surface area contributed by atoms with E-state index in [1.54, 1.807) is 0 Å². The first-order chi connectivity index (χ1) is 5.87. The molecule has 80 valence electrons. The number of rotatable bonds is 5. The molecule has 1 nitrogen and oxygen atoms in total. The predicted molar refractivity (Wildman–Crippen MR) is 61.0 cm³/mol. The van der Waals surface area contributed by atoms with Crippen molar-refractivity contribution in [2.24, 2.45) is 11.8 Å². The van der Waals surface area contributed by atoms with Crippen molar-refractivity contribution in [1.82, 2.24) is 4.90 Å². The first-order valence-electron chi connectivity index (χ1n) is 5.58. The molecule has 0 N–H and O–H groups in total. The molecule has 0 saturated heterocycles. The van der Waals surface area contributed by atoms with Gasteiger partial charge in [-0.05, 0) is 38.8 Å². The minimum absolute atomic E-state index is 0.343. The van der Waals surface area contributed by atoms with Gasteiger partial charge < -0.3 is 4.90 Å². The molecule has 1 heteroatoms. The third-order valence-electron chi connectivity index (χ3n) is 3.72. The predicted octanol–water partition coefficient (Wildman–Crippen LogP) is 3.40. The summed E-state index contributed by atoms with van der Waals surface area (Å²) < 4.78 is 0. The van der Waals surface area contributed by atoms with Crippen molar-refractivity contribution in [3.63, 3.8) is 0 Å². The highest BCUT2D eigenvalue weighted by molar-refractivity contribution is 4.90. The quantitative estimate of drug-likeness (QED) is 0.634. The second-order valence-corrected chi connectivity index (χ2v) is 4.96. The Morgan fingerprint density at radius 1 is 1.08 bits per heavy atom. The van der Waals surface area contributed by atoms with Crippen LogP contribution in [0, 0.1) is 11.8 Å². The third-order valence-corrected chi connectivity index (χ3v) is 3.72. The molecule has 0 radical (unpaired) electrons. The molecule has 0 fully saturated rings. The lowest BCUT2D eigenvalue weighted by Gasteiger charge is -2.46. The molecule has 13 heavy (non-hydrogen) atoms. The summed E-state index contributed by atoms with van der Waals surface area (Å²) in [7, 11) is 2.25. The fourth-order valence-electron chi connectivity index (χ4n) is 2.12. The smallest absolute Gasteiger partial charge is 0.0224 e. The summed E-state index contributed by atoms with van der Waals surface area (Å²) in [5.41, 5.74) is 0.343. The fraction of sp³-hybridized carbons (Fsp3) is 1.00. The molecule has 0 saturated carbocycles. The number of hydrogen-bond donors (Lipinski definition) is 0. The Balaban J connectivity index is 4.58. The lowest BCUT2D eigenvalue weighted by Crippen LogP contribution is -2.52. The van der Waals surface area contributed by atoms with Crippen molar-refractivity contribution >= 4 is 0 Å². The van der Waals surface area contributed by atoms with Crippen LogP contribution in [0.3, 0.4) is 0 Å². The van der Waals surface area contributed by atoms with E-state index in [4.69, 9.17) is 0 Å². The Kier molecular flexibility index (Phi) is 4.98. The maximum atomic E-state index is 2.52. The first-order valence-corrected chi connectivity index (χ1v) is 5.58. The summed E-state index contributed by atoms with van der Waals surface area (Å²) in [4.78, 5) is 2.52. The van der Waals surface area contributed by atoms with Gasteiger partial charge in [-0.2, -0.15) is 0 Å². The molecule has 0 aromatic heterocycles. The van der Waals surface area contributed by atoms with Crippen molar-refractivity contribution in [2.75, 3.05) is 13.6 Å². The minimum Gasteiger partial charge on any atom is -0.300 e. The average Bonchev–Trinajstić information content (AvgIpc) is 2.02. The highest BCUT2D eigenvalue weighted by Crippen LogP contribution is 2.31. The van der Waals surface area contributed by atoms with E-state index >= 15 is 0 Å². The molecular formula is C12H27N. The van der Waals surface area contributed by atoms with Crippen LogP contribution in [-0.2, 0) is 0 Å². The molecule has 0 aromatic rings. The van der Waals surface area contributed by atoms with Crippen LogP contribution in [0.2, 0.25) is 0 Å².